The smallest absolute Gasteiger partial charge is 0.341 e. The zero-order valence-electron chi connectivity index (χ0n) is 15.0. The van der Waals surface area contributed by atoms with Gasteiger partial charge in [-0.25, -0.2) is 4.79 Å². The van der Waals surface area contributed by atoms with Crippen molar-refractivity contribution in [3.8, 4) is 0 Å². The van der Waals surface area contributed by atoms with Crippen LogP contribution in [0.1, 0.15) is 32.7 Å². The van der Waals surface area contributed by atoms with Crippen molar-refractivity contribution in [1.29, 1.82) is 0 Å². The monoisotopic (exact) mass is 398 g/mol. The Morgan fingerprint density at radius 3 is 2.64 bits per heavy atom. The summed E-state index contributed by atoms with van der Waals surface area (Å²) in [6, 6.07) is 13.3. The number of rotatable bonds is 7. The van der Waals surface area contributed by atoms with Gasteiger partial charge < -0.3 is 19.8 Å². The summed E-state index contributed by atoms with van der Waals surface area (Å²) in [4.78, 5) is 37.8. The number of hydrogen-bond donors (Lipinski definition) is 2. The Bertz CT molecular complexity index is 951. The van der Waals surface area contributed by atoms with E-state index < -0.39 is 23.9 Å². The third-order valence-corrected chi connectivity index (χ3v) is 4.69. The number of hydrogen-bond acceptors (Lipinski definition) is 6. The average molecular weight is 398 g/mol. The van der Waals surface area contributed by atoms with Gasteiger partial charge in [0.05, 0.1) is 24.1 Å². The first-order chi connectivity index (χ1) is 13.5. The molecule has 28 heavy (non-hydrogen) atoms. The van der Waals surface area contributed by atoms with Crippen molar-refractivity contribution in [2.45, 2.75) is 19.6 Å². The van der Waals surface area contributed by atoms with E-state index in [1.165, 1.54) is 36.7 Å². The molecule has 3 aromatic rings. The van der Waals surface area contributed by atoms with E-state index in [2.05, 4.69) is 10.6 Å². The summed E-state index contributed by atoms with van der Waals surface area (Å²) in [6.45, 7) is 1.86. The summed E-state index contributed by atoms with van der Waals surface area (Å²) in [5.74, 6) is -1.50. The number of carbonyl (C=O) groups excluding carboxylic acids is 3. The molecular weight excluding hydrogens is 380 g/mol. The van der Waals surface area contributed by atoms with Gasteiger partial charge in [-0.05, 0) is 42.6 Å². The largest absolute Gasteiger partial charge is 0.459 e. The van der Waals surface area contributed by atoms with Crippen molar-refractivity contribution in [3.63, 3.8) is 0 Å². The van der Waals surface area contributed by atoms with E-state index in [0.29, 0.717) is 6.54 Å². The highest BCUT2D eigenvalue weighted by molar-refractivity contribution is 7.09. The molecule has 7 nitrogen and oxygen atoms in total. The maximum absolute atomic E-state index is 12.5. The minimum Gasteiger partial charge on any atom is -0.459 e. The number of furan rings is 1. The molecule has 0 saturated heterocycles. The Morgan fingerprint density at radius 2 is 1.93 bits per heavy atom. The Morgan fingerprint density at radius 1 is 1.11 bits per heavy atom. The molecule has 8 heteroatoms. The molecule has 0 fully saturated rings. The molecule has 0 unspecified atom stereocenters. The number of carbonyl (C=O) groups is 3. The first-order valence-corrected chi connectivity index (χ1v) is 9.37. The van der Waals surface area contributed by atoms with Crippen molar-refractivity contribution in [3.05, 3.63) is 76.4 Å². The number of nitrogens with one attached hydrogen (secondary N) is 2. The predicted octanol–water partition coefficient (Wildman–Crippen LogP) is 3.46. The molecule has 0 aliphatic rings. The van der Waals surface area contributed by atoms with Crippen molar-refractivity contribution < 1.29 is 23.5 Å². The van der Waals surface area contributed by atoms with E-state index in [1.54, 1.807) is 24.3 Å². The fraction of sp³-hybridized carbons (Fsp3) is 0.150. The summed E-state index contributed by atoms with van der Waals surface area (Å²) in [7, 11) is 0. The molecule has 0 saturated carbocycles. The normalized spacial score (nSPS) is 11.5. The quantitative estimate of drug-likeness (QED) is 0.594. The molecule has 2 amide bonds. The van der Waals surface area contributed by atoms with Crippen LogP contribution >= 0.6 is 11.3 Å². The van der Waals surface area contributed by atoms with Crippen LogP contribution in [0.2, 0.25) is 0 Å². The van der Waals surface area contributed by atoms with Gasteiger partial charge in [0.1, 0.15) is 0 Å². The molecule has 2 heterocycles. The molecule has 0 radical (unpaired) electrons. The van der Waals surface area contributed by atoms with Crippen LogP contribution in [-0.2, 0) is 16.1 Å². The number of esters is 1. The zero-order chi connectivity index (χ0) is 19.9. The predicted molar refractivity (Wildman–Crippen MR) is 104 cm³/mol. The highest BCUT2D eigenvalue weighted by Crippen LogP contribution is 2.18. The fourth-order valence-electron chi connectivity index (χ4n) is 2.37. The third-order valence-electron chi connectivity index (χ3n) is 3.81. The Hall–Kier alpha value is -3.39. The van der Waals surface area contributed by atoms with Crippen LogP contribution in [0.5, 0.6) is 0 Å². The third kappa shape index (κ3) is 4.86. The van der Waals surface area contributed by atoms with Gasteiger partial charge in [-0.2, -0.15) is 0 Å². The van der Waals surface area contributed by atoms with E-state index in [9.17, 15) is 14.4 Å². The Balaban J connectivity index is 1.62. The summed E-state index contributed by atoms with van der Waals surface area (Å²) < 4.78 is 10.3. The van der Waals surface area contributed by atoms with Gasteiger partial charge in [-0.15, -0.1) is 11.3 Å². The van der Waals surface area contributed by atoms with Crippen LogP contribution in [0.15, 0.2) is 64.6 Å². The number of benzene rings is 1. The van der Waals surface area contributed by atoms with Gasteiger partial charge in [0, 0.05) is 4.88 Å². The molecule has 144 valence electrons. The van der Waals surface area contributed by atoms with E-state index in [0.717, 1.165) is 4.88 Å². The second kappa shape index (κ2) is 9.01. The van der Waals surface area contributed by atoms with Crippen LogP contribution in [0.25, 0.3) is 0 Å². The lowest BCUT2D eigenvalue weighted by Gasteiger charge is -2.15. The molecule has 2 aromatic heterocycles. The highest BCUT2D eigenvalue weighted by Gasteiger charge is 2.22. The minimum atomic E-state index is -0.985. The van der Waals surface area contributed by atoms with Gasteiger partial charge in [0.15, 0.2) is 11.9 Å². The topological polar surface area (TPSA) is 97.6 Å². The Labute approximate surface area is 165 Å². The summed E-state index contributed by atoms with van der Waals surface area (Å²) in [6.07, 6.45) is 0.396. The van der Waals surface area contributed by atoms with E-state index in [-0.39, 0.29) is 17.0 Å². The molecule has 0 spiro atoms. The summed E-state index contributed by atoms with van der Waals surface area (Å²) >= 11 is 1.52. The first kappa shape index (κ1) is 19.4. The number of anilines is 1. The molecule has 0 bridgehead atoms. The SMILES string of the molecule is C[C@H](OC(=O)c1ccccc1NC(=O)c1ccco1)C(=O)NCc1cccs1. The second-order valence-electron chi connectivity index (χ2n) is 5.82. The van der Waals surface area contributed by atoms with E-state index in [4.69, 9.17) is 9.15 Å². The average Bonchev–Trinajstić information content (AvgIpc) is 3.40. The number of amides is 2. The number of para-hydroxylation sites is 1. The van der Waals surface area contributed by atoms with E-state index in [1.807, 2.05) is 17.5 Å². The zero-order valence-corrected chi connectivity index (χ0v) is 15.8. The first-order valence-electron chi connectivity index (χ1n) is 8.49. The van der Waals surface area contributed by atoms with Gasteiger partial charge in [-0.3, -0.25) is 9.59 Å². The summed E-state index contributed by atoms with van der Waals surface area (Å²) in [5, 5.41) is 7.24. The van der Waals surface area contributed by atoms with Crippen LogP contribution in [-0.4, -0.2) is 23.9 Å². The lowest BCUT2D eigenvalue weighted by Crippen LogP contribution is -2.35. The van der Waals surface area contributed by atoms with Gasteiger partial charge >= 0.3 is 5.97 Å². The molecular formula is C20H18N2O5S. The number of thiophene rings is 1. The van der Waals surface area contributed by atoms with Gasteiger partial charge in [-0.1, -0.05) is 18.2 Å². The van der Waals surface area contributed by atoms with Crippen LogP contribution in [0.4, 0.5) is 5.69 Å². The number of ether oxygens (including phenoxy) is 1. The highest BCUT2D eigenvalue weighted by atomic mass is 32.1. The minimum absolute atomic E-state index is 0.115. The maximum Gasteiger partial charge on any atom is 0.341 e. The molecule has 0 aliphatic heterocycles. The fourth-order valence-corrected chi connectivity index (χ4v) is 3.02. The molecule has 1 atom stereocenters. The Kier molecular flexibility index (Phi) is 6.23. The summed E-state index contributed by atoms with van der Waals surface area (Å²) in [5.41, 5.74) is 0.403. The lowest BCUT2D eigenvalue weighted by atomic mass is 10.1. The molecule has 1 aromatic carbocycles. The van der Waals surface area contributed by atoms with E-state index >= 15 is 0 Å². The van der Waals surface area contributed by atoms with Crippen LogP contribution in [0, 0.1) is 0 Å². The molecule has 0 aliphatic carbocycles. The van der Waals surface area contributed by atoms with Crippen molar-refractivity contribution in [2.75, 3.05) is 5.32 Å². The van der Waals surface area contributed by atoms with Gasteiger partial charge in [0.2, 0.25) is 0 Å². The van der Waals surface area contributed by atoms with Crippen molar-refractivity contribution in [2.24, 2.45) is 0 Å². The molecule has 3 rings (SSSR count). The van der Waals surface area contributed by atoms with Gasteiger partial charge in [0.25, 0.3) is 11.8 Å². The standard InChI is InChI=1S/C20H18N2O5S/c1-13(18(23)21-12-14-6-5-11-28-14)27-20(25)15-7-2-3-8-16(15)22-19(24)17-9-4-10-26-17/h2-11,13H,12H2,1H3,(H,21,23)(H,22,24)/t13-/m0/s1. The lowest BCUT2D eigenvalue weighted by molar-refractivity contribution is -0.129. The second-order valence-corrected chi connectivity index (χ2v) is 6.85. The van der Waals surface area contributed by atoms with Crippen molar-refractivity contribution >= 4 is 34.8 Å². The van der Waals surface area contributed by atoms with Crippen molar-refractivity contribution in [1.82, 2.24) is 5.32 Å². The maximum atomic E-state index is 12.5. The molecule has 2 N–H and O–H groups in total. The van der Waals surface area contributed by atoms with Crippen LogP contribution in [0.3, 0.4) is 0 Å². The van der Waals surface area contributed by atoms with Crippen LogP contribution < -0.4 is 10.6 Å².